The Balaban J connectivity index is 2.60. The molecule has 3 rings (SSSR count). The maximum absolute atomic E-state index is 13.4. The SMILES string of the molecule is [2H]c1c([2H])c(N)c2c(=O)n(C3(C)C(=O)CC(=O)C([2H])([2H])C3([2H])[2H])c(C([2H])[2H])nc2c1[2H]. The number of nitrogens with two attached hydrogens (primary N) is 1. The van der Waals surface area contributed by atoms with E-state index in [1.807, 2.05) is 0 Å². The second-order valence-electron chi connectivity index (χ2n) is 4.97. The highest BCUT2D eigenvalue weighted by atomic mass is 16.2. The highest BCUT2D eigenvalue weighted by Gasteiger charge is 2.41. The van der Waals surface area contributed by atoms with E-state index in [-0.39, 0.29) is 0 Å². The van der Waals surface area contributed by atoms with Crippen molar-refractivity contribution < 1.29 is 21.9 Å². The number of carbonyl (C=O) groups is 2. The molecule has 0 bridgehead atoms. The first-order chi connectivity index (χ1) is 14.0. The predicted octanol–water partition coefficient (Wildman–Crippen LogP) is 1.32. The third-order valence-electron chi connectivity index (χ3n) is 3.51. The number of rotatable bonds is 1. The minimum atomic E-state index is -3.30. The Bertz CT molecular complexity index is 1220. The summed E-state index contributed by atoms with van der Waals surface area (Å²) < 4.78 is 71.9. The van der Waals surface area contributed by atoms with Crippen molar-refractivity contribution in [2.75, 3.05) is 5.73 Å². The minimum Gasteiger partial charge on any atom is -0.398 e. The van der Waals surface area contributed by atoms with E-state index in [1.54, 1.807) is 0 Å². The zero-order chi connectivity index (χ0) is 23.8. The number of carbonyl (C=O) groups excluding carboxylic acids is 2. The quantitative estimate of drug-likeness (QED) is 0.633. The molecule has 1 saturated carbocycles. The Morgan fingerprint density at radius 1 is 1.45 bits per heavy atom. The molecule has 6 nitrogen and oxygen atoms in total. The van der Waals surface area contributed by atoms with E-state index in [0.717, 1.165) is 6.92 Å². The number of aryl methyl sites for hydroxylation is 1. The van der Waals surface area contributed by atoms with Crippen LogP contribution in [0.1, 0.15) is 44.3 Å². The van der Waals surface area contributed by atoms with Crippen molar-refractivity contribution in [3.05, 3.63) is 34.3 Å². The van der Waals surface area contributed by atoms with E-state index in [1.165, 1.54) is 0 Å². The molecule has 0 spiro atoms. The van der Waals surface area contributed by atoms with Gasteiger partial charge in [-0.15, -0.1) is 0 Å². The van der Waals surface area contributed by atoms with Gasteiger partial charge in [-0.3, -0.25) is 19.0 Å². The van der Waals surface area contributed by atoms with Crippen molar-refractivity contribution in [1.29, 1.82) is 0 Å². The normalized spacial score (nSPS) is 32.9. The average molecular weight is 308 g/mol. The molecule has 1 aromatic carbocycles. The van der Waals surface area contributed by atoms with Gasteiger partial charge in [0.25, 0.3) is 5.56 Å². The van der Waals surface area contributed by atoms with Gasteiger partial charge in [-0.1, -0.05) is 6.04 Å². The summed E-state index contributed by atoms with van der Waals surface area (Å²) >= 11 is 0. The maximum atomic E-state index is 13.4. The molecule has 1 aliphatic rings. The Morgan fingerprint density at radius 3 is 2.95 bits per heavy atom. The number of nitrogens with zero attached hydrogens (tertiary/aromatic N) is 2. The van der Waals surface area contributed by atoms with Gasteiger partial charge in [0.1, 0.15) is 17.1 Å². The molecule has 0 saturated heterocycles. The van der Waals surface area contributed by atoms with Crippen LogP contribution in [0.3, 0.4) is 0 Å². The summed E-state index contributed by atoms with van der Waals surface area (Å²) in [4.78, 5) is 42.3. The molecule has 0 radical (unpaired) electrons. The summed E-state index contributed by atoms with van der Waals surface area (Å²) in [5.74, 6) is -3.29. The smallest absolute Gasteiger partial charge is 0.264 e. The third kappa shape index (κ3) is 1.94. The maximum Gasteiger partial charge on any atom is 0.264 e. The lowest BCUT2D eigenvalue weighted by atomic mass is 9.81. The van der Waals surface area contributed by atoms with Crippen molar-refractivity contribution in [2.45, 2.75) is 38.5 Å². The van der Waals surface area contributed by atoms with Crippen molar-refractivity contribution in [3.8, 4) is 0 Å². The molecule has 1 heterocycles. The molecule has 6 heteroatoms. The monoisotopic (exact) mass is 308 g/mol. The van der Waals surface area contributed by atoms with Crippen molar-refractivity contribution in [3.63, 3.8) is 0 Å². The highest BCUT2D eigenvalue weighted by Crippen LogP contribution is 2.30. The predicted molar refractivity (Wildman–Crippen MR) is 82.7 cm³/mol. The van der Waals surface area contributed by atoms with Crippen LogP contribution in [-0.2, 0) is 15.1 Å². The number of nitrogen functional groups attached to an aromatic ring is 1. The number of hydrogen-bond acceptors (Lipinski definition) is 5. The molecule has 1 atom stereocenters. The van der Waals surface area contributed by atoms with Gasteiger partial charge >= 0.3 is 0 Å². The first-order valence-corrected chi connectivity index (χ1v) is 6.26. The first kappa shape index (κ1) is 7.17. The molecule has 1 aromatic heterocycles. The number of fused-ring (bicyclic) bond motifs is 1. The molecule has 1 aliphatic carbocycles. The van der Waals surface area contributed by atoms with Crippen LogP contribution >= 0.6 is 0 Å². The lowest BCUT2D eigenvalue weighted by Crippen LogP contribution is -2.49. The lowest BCUT2D eigenvalue weighted by Gasteiger charge is -2.34. The third-order valence-corrected chi connectivity index (χ3v) is 3.51. The van der Waals surface area contributed by atoms with E-state index in [4.69, 9.17) is 18.1 Å². The summed E-state index contributed by atoms with van der Waals surface area (Å²) in [6, 6.07) is -2.03. The number of aromatic nitrogens is 2. The van der Waals surface area contributed by atoms with E-state index < -0.39 is 89.2 Å². The van der Waals surface area contributed by atoms with Gasteiger partial charge in [0.15, 0.2) is 5.78 Å². The topological polar surface area (TPSA) is 95.0 Å². The van der Waals surface area contributed by atoms with Crippen LogP contribution in [-0.4, -0.2) is 21.1 Å². The van der Waals surface area contributed by atoms with Crippen LogP contribution in [0, 0.1) is 6.88 Å². The Kier molecular flexibility index (Phi) is 1.55. The summed E-state index contributed by atoms with van der Waals surface area (Å²) in [6.07, 6.45) is -7.53. The van der Waals surface area contributed by atoms with Crippen LogP contribution in [0.2, 0.25) is 0 Å². The van der Waals surface area contributed by atoms with Gasteiger partial charge in [0, 0.05) is 20.3 Å². The molecule has 2 aromatic rings. The fourth-order valence-corrected chi connectivity index (χ4v) is 2.33. The minimum absolute atomic E-state index is 0.339. The molecule has 1 unspecified atom stereocenters. The molecule has 0 aliphatic heterocycles. The van der Waals surface area contributed by atoms with E-state index in [2.05, 4.69) is 4.98 Å². The molecule has 0 amide bonds. The molecular formula is C16H17N3O3. The number of hydrogen-bond donors (Lipinski definition) is 1. The van der Waals surface area contributed by atoms with Crippen molar-refractivity contribution in [1.82, 2.24) is 9.55 Å². The van der Waals surface area contributed by atoms with E-state index >= 15 is 0 Å². The summed E-state index contributed by atoms with van der Waals surface area (Å²) in [5.41, 5.74) is 0.721. The van der Waals surface area contributed by atoms with E-state index in [9.17, 15) is 14.4 Å². The van der Waals surface area contributed by atoms with Crippen LogP contribution in [0.4, 0.5) is 5.69 Å². The van der Waals surface area contributed by atoms with Crippen LogP contribution in [0.15, 0.2) is 22.9 Å². The number of anilines is 1. The first-order valence-electron chi connectivity index (χ1n) is 10.9. The summed E-state index contributed by atoms with van der Waals surface area (Å²) in [7, 11) is 0. The fourth-order valence-electron chi connectivity index (χ4n) is 2.33. The molecule has 2 N–H and O–H groups in total. The number of benzene rings is 1. The van der Waals surface area contributed by atoms with Crippen LogP contribution < -0.4 is 11.3 Å². The largest absolute Gasteiger partial charge is 0.398 e. The zero-order valence-electron chi connectivity index (χ0n) is 20.5. The van der Waals surface area contributed by atoms with Gasteiger partial charge in [0.05, 0.1) is 21.4 Å². The summed E-state index contributed by atoms with van der Waals surface area (Å²) in [6.45, 7) is -1.22. The molecule has 22 heavy (non-hydrogen) atoms. The van der Waals surface area contributed by atoms with Gasteiger partial charge in [0.2, 0.25) is 0 Å². The van der Waals surface area contributed by atoms with Crippen molar-refractivity contribution in [2.24, 2.45) is 0 Å². The summed E-state index contributed by atoms with van der Waals surface area (Å²) in [5, 5.41) is -0.599. The van der Waals surface area contributed by atoms with Gasteiger partial charge < -0.3 is 5.73 Å². The molecule has 1 fully saturated rings. The Hall–Kier alpha value is -2.50. The zero-order valence-corrected chi connectivity index (χ0v) is 11.5. The highest BCUT2D eigenvalue weighted by molar-refractivity contribution is 6.05. The number of Topliss-reactive ketones (excluding diaryl/α,β-unsaturated/α-hetero) is 2. The molecule has 114 valence electrons. The number of ketones is 2. The molecular weight excluding hydrogens is 282 g/mol. The second-order valence-corrected chi connectivity index (χ2v) is 4.97. The van der Waals surface area contributed by atoms with E-state index in [0.29, 0.717) is 4.57 Å². The average Bonchev–Trinajstić information content (AvgIpc) is 2.67. The Morgan fingerprint density at radius 2 is 2.23 bits per heavy atom. The van der Waals surface area contributed by atoms with Crippen LogP contribution in [0.5, 0.6) is 0 Å². The van der Waals surface area contributed by atoms with Gasteiger partial charge in [-0.25, -0.2) is 4.98 Å². The fraction of sp³-hybridized carbons (Fsp3) is 0.375. The van der Waals surface area contributed by atoms with Gasteiger partial charge in [-0.05, 0) is 32.3 Å². The second kappa shape index (κ2) is 4.76. The van der Waals surface area contributed by atoms with Crippen LogP contribution in [0.25, 0.3) is 10.9 Å². The Labute approximate surface area is 139 Å². The van der Waals surface area contributed by atoms with Gasteiger partial charge in [-0.2, -0.15) is 0 Å². The standard InChI is InChI=1S/C16H17N3O3/c1-9-18-12-5-3-4-11(17)14(12)15(22)19(9)16(2)7-6-10(20)8-13(16)21/h3-5H,6-8,17H2,1-2H3/i1D2,3D,4D,5D,6D2,7D2. The lowest BCUT2D eigenvalue weighted by molar-refractivity contribution is -0.136. The van der Waals surface area contributed by atoms with Crippen molar-refractivity contribution >= 4 is 28.2 Å².